The van der Waals surface area contributed by atoms with Crippen molar-refractivity contribution in [2.24, 2.45) is 0 Å². The van der Waals surface area contributed by atoms with Crippen molar-refractivity contribution in [1.82, 2.24) is 10.3 Å². The summed E-state index contributed by atoms with van der Waals surface area (Å²) in [4.78, 5) is 4.52. The number of halogens is 1. The number of fused-ring (bicyclic) bond motifs is 1. The Morgan fingerprint density at radius 2 is 1.81 bits per heavy atom. The van der Waals surface area contributed by atoms with Gasteiger partial charge in [-0.3, -0.25) is 4.98 Å². The highest BCUT2D eigenvalue weighted by Gasteiger charge is 2.16. The zero-order chi connectivity index (χ0) is 14.7. The number of hydrogen-bond donors (Lipinski definition) is 1. The summed E-state index contributed by atoms with van der Waals surface area (Å²) >= 11 is 0. The number of likely N-dealkylation sites (N-methyl/N-ethyl adjacent to an activating group) is 1. The van der Waals surface area contributed by atoms with Gasteiger partial charge in [0, 0.05) is 11.6 Å². The normalized spacial score (nSPS) is 12.5. The van der Waals surface area contributed by atoms with Crippen molar-refractivity contribution in [3.8, 4) is 0 Å². The average Bonchev–Trinajstić information content (AvgIpc) is 2.54. The molecule has 3 aromatic rings. The summed E-state index contributed by atoms with van der Waals surface area (Å²) in [6, 6.07) is 17.0. The molecule has 0 saturated heterocycles. The van der Waals surface area contributed by atoms with E-state index in [0.29, 0.717) is 12.0 Å². The Morgan fingerprint density at radius 1 is 1.05 bits per heavy atom. The van der Waals surface area contributed by atoms with Crippen LogP contribution in [-0.2, 0) is 6.42 Å². The SMILES string of the molecule is CNC(Cc1ccccc1F)c1nccc2ccccc12. The largest absolute Gasteiger partial charge is 0.311 e. The van der Waals surface area contributed by atoms with Crippen LogP contribution >= 0.6 is 0 Å². The highest BCUT2D eigenvalue weighted by molar-refractivity contribution is 5.84. The molecule has 0 aliphatic carbocycles. The van der Waals surface area contributed by atoms with Gasteiger partial charge < -0.3 is 5.32 Å². The number of nitrogens with one attached hydrogen (secondary N) is 1. The average molecular weight is 280 g/mol. The van der Waals surface area contributed by atoms with Crippen LogP contribution in [0.5, 0.6) is 0 Å². The standard InChI is InChI=1S/C18H17FN2/c1-20-17(12-14-7-3-5-9-16(14)19)18-15-8-4-2-6-13(15)10-11-21-18/h2-11,17,20H,12H2,1H3. The molecule has 3 heteroatoms. The second-order valence-electron chi connectivity index (χ2n) is 5.05. The van der Waals surface area contributed by atoms with Crippen molar-refractivity contribution < 1.29 is 4.39 Å². The number of pyridine rings is 1. The number of aromatic nitrogens is 1. The lowest BCUT2D eigenvalue weighted by Gasteiger charge is -2.18. The molecule has 1 atom stereocenters. The summed E-state index contributed by atoms with van der Waals surface area (Å²) in [5.41, 5.74) is 1.66. The van der Waals surface area contributed by atoms with E-state index in [4.69, 9.17) is 0 Å². The smallest absolute Gasteiger partial charge is 0.126 e. The summed E-state index contributed by atoms with van der Waals surface area (Å²) < 4.78 is 13.9. The van der Waals surface area contributed by atoms with Gasteiger partial charge in [0.2, 0.25) is 0 Å². The Hall–Kier alpha value is -2.26. The molecule has 2 nitrogen and oxygen atoms in total. The topological polar surface area (TPSA) is 24.9 Å². The maximum absolute atomic E-state index is 13.9. The Bertz CT molecular complexity index is 750. The Kier molecular flexibility index (Phi) is 3.93. The van der Waals surface area contributed by atoms with Crippen LogP contribution in [0, 0.1) is 5.82 Å². The van der Waals surface area contributed by atoms with Crippen LogP contribution in [0.1, 0.15) is 17.3 Å². The second kappa shape index (κ2) is 6.02. The van der Waals surface area contributed by atoms with Crippen molar-refractivity contribution >= 4 is 10.8 Å². The van der Waals surface area contributed by atoms with E-state index >= 15 is 0 Å². The van der Waals surface area contributed by atoms with E-state index in [1.54, 1.807) is 6.07 Å². The fraction of sp³-hybridized carbons (Fsp3) is 0.167. The van der Waals surface area contributed by atoms with Gasteiger partial charge in [-0.2, -0.15) is 0 Å². The molecule has 0 bridgehead atoms. The molecule has 3 rings (SSSR count). The molecular formula is C18H17FN2. The zero-order valence-corrected chi connectivity index (χ0v) is 11.9. The second-order valence-corrected chi connectivity index (χ2v) is 5.05. The quantitative estimate of drug-likeness (QED) is 0.784. The van der Waals surface area contributed by atoms with Gasteiger partial charge in [0.1, 0.15) is 5.82 Å². The monoisotopic (exact) mass is 280 g/mol. The molecule has 21 heavy (non-hydrogen) atoms. The first-order valence-corrected chi connectivity index (χ1v) is 7.04. The summed E-state index contributed by atoms with van der Waals surface area (Å²) in [6.45, 7) is 0. The van der Waals surface area contributed by atoms with E-state index in [0.717, 1.165) is 16.5 Å². The Labute approximate surface area is 123 Å². The zero-order valence-electron chi connectivity index (χ0n) is 11.9. The molecule has 106 valence electrons. The maximum atomic E-state index is 13.9. The molecule has 0 saturated carbocycles. The highest BCUT2D eigenvalue weighted by atomic mass is 19.1. The molecule has 0 spiro atoms. The maximum Gasteiger partial charge on any atom is 0.126 e. The van der Waals surface area contributed by atoms with Crippen LogP contribution in [-0.4, -0.2) is 12.0 Å². The van der Waals surface area contributed by atoms with E-state index in [1.165, 1.54) is 6.07 Å². The van der Waals surface area contributed by atoms with Crippen molar-refractivity contribution in [2.75, 3.05) is 7.05 Å². The predicted molar refractivity (Wildman–Crippen MR) is 83.6 cm³/mol. The number of hydrogen-bond acceptors (Lipinski definition) is 2. The lowest BCUT2D eigenvalue weighted by Crippen LogP contribution is -2.20. The van der Waals surface area contributed by atoms with E-state index in [2.05, 4.69) is 22.4 Å². The van der Waals surface area contributed by atoms with Gasteiger partial charge in [0.25, 0.3) is 0 Å². The molecule has 2 aromatic carbocycles. The predicted octanol–water partition coefficient (Wildman–Crippen LogP) is 3.88. The third-order valence-electron chi connectivity index (χ3n) is 3.76. The molecule has 0 radical (unpaired) electrons. The van der Waals surface area contributed by atoms with Crippen LogP contribution in [0.3, 0.4) is 0 Å². The summed E-state index contributed by atoms with van der Waals surface area (Å²) in [5, 5.41) is 5.51. The van der Waals surface area contributed by atoms with Crippen LogP contribution in [0.25, 0.3) is 10.8 Å². The van der Waals surface area contributed by atoms with Gasteiger partial charge in [-0.05, 0) is 36.6 Å². The molecule has 1 unspecified atom stereocenters. The summed E-state index contributed by atoms with van der Waals surface area (Å²) in [5.74, 6) is -0.169. The number of benzene rings is 2. The molecule has 0 aliphatic heterocycles. The molecule has 0 aliphatic rings. The lowest BCUT2D eigenvalue weighted by molar-refractivity contribution is 0.548. The third kappa shape index (κ3) is 2.78. The van der Waals surface area contributed by atoms with E-state index in [9.17, 15) is 4.39 Å². The number of rotatable bonds is 4. The first-order valence-electron chi connectivity index (χ1n) is 7.04. The Morgan fingerprint density at radius 3 is 2.62 bits per heavy atom. The third-order valence-corrected chi connectivity index (χ3v) is 3.76. The van der Waals surface area contributed by atoms with Crippen molar-refractivity contribution in [3.05, 3.63) is 77.9 Å². The van der Waals surface area contributed by atoms with Gasteiger partial charge >= 0.3 is 0 Å². The first-order chi connectivity index (χ1) is 10.3. The summed E-state index contributed by atoms with van der Waals surface area (Å²) in [7, 11) is 1.88. The minimum absolute atomic E-state index is 0.0204. The van der Waals surface area contributed by atoms with Crippen molar-refractivity contribution in [1.29, 1.82) is 0 Å². The van der Waals surface area contributed by atoms with Crippen molar-refractivity contribution in [3.63, 3.8) is 0 Å². The van der Waals surface area contributed by atoms with E-state index in [1.807, 2.05) is 43.6 Å². The van der Waals surface area contributed by atoms with Crippen molar-refractivity contribution in [2.45, 2.75) is 12.5 Å². The van der Waals surface area contributed by atoms with Gasteiger partial charge in [0.05, 0.1) is 11.7 Å². The molecule has 1 aromatic heterocycles. The lowest BCUT2D eigenvalue weighted by atomic mass is 9.98. The molecule has 0 amide bonds. The van der Waals surface area contributed by atoms with Gasteiger partial charge in [0.15, 0.2) is 0 Å². The van der Waals surface area contributed by atoms with Gasteiger partial charge in [-0.25, -0.2) is 4.39 Å². The summed E-state index contributed by atoms with van der Waals surface area (Å²) in [6.07, 6.45) is 2.38. The highest BCUT2D eigenvalue weighted by Crippen LogP contribution is 2.25. The molecular weight excluding hydrogens is 263 g/mol. The first kappa shape index (κ1) is 13.7. The molecule has 1 N–H and O–H groups in total. The fourth-order valence-corrected chi connectivity index (χ4v) is 2.64. The van der Waals surface area contributed by atoms with E-state index < -0.39 is 0 Å². The molecule has 0 fully saturated rings. The number of nitrogens with zero attached hydrogens (tertiary/aromatic N) is 1. The van der Waals surface area contributed by atoms with Gasteiger partial charge in [-0.15, -0.1) is 0 Å². The fourth-order valence-electron chi connectivity index (χ4n) is 2.64. The van der Waals surface area contributed by atoms with Crippen LogP contribution in [0.2, 0.25) is 0 Å². The van der Waals surface area contributed by atoms with Crippen LogP contribution < -0.4 is 5.32 Å². The minimum Gasteiger partial charge on any atom is -0.311 e. The van der Waals surface area contributed by atoms with E-state index in [-0.39, 0.29) is 11.9 Å². The Balaban J connectivity index is 2.01. The van der Waals surface area contributed by atoms with Crippen LogP contribution in [0.4, 0.5) is 4.39 Å². The molecule has 1 heterocycles. The van der Waals surface area contributed by atoms with Gasteiger partial charge in [-0.1, -0.05) is 42.5 Å². The minimum atomic E-state index is -0.169. The van der Waals surface area contributed by atoms with Crippen LogP contribution in [0.15, 0.2) is 60.8 Å².